The molecule has 4 aliphatic carbocycles. The fraction of sp³-hybridized carbons (Fsp3) is 0.880. The highest BCUT2D eigenvalue weighted by Crippen LogP contribution is 2.68. The van der Waals surface area contributed by atoms with E-state index in [0.717, 1.165) is 38.7 Å². The van der Waals surface area contributed by atoms with Gasteiger partial charge < -0.3 is 9.84 Å². The van der Waals surface area contributed by atoms with Gasteiger partial charge in [0.25, 0.3) is 0 Å². The lowest BCUT2D eigenvalue weighted by Crippen LogP contribution is -2.58. The van der Waals surface area contributed by atoms with Crippen LogP contribution in [0.1, 0.15) is 71.6 Å². The Bertz CT molecular complexity index is 809. The molecule has 4 aliphatic rings. The lowest BCUT2D eigenvalue weighted by Gasteiger charge is -2.62. The number of carbonyl (C=O) groups is 1. The van der Waals surface area contributed by atoms with Crippen LogP contribution in [0.3, 0.4) is 0 Å². The minimum Gasteiger partial charge on any atom is -0.390 e. The number of hydrogen-bond acceptors (Lipinski definition) is 5. The van der Waals surface area contributed by atoms with Crippen molar-refractivity contribution < 1.29 is 14.6 Å². The van der Waals surface area contributed by atoms with Crippen molar-refractivity contribution in [3.8, 4) is 0 Å². The van der Waals surface area contributed by atoms with Crippen LogP contribution in [0, 0.1) is 40.4 Å². The molecule has 1 aromatic rings. The normalized spacial score (nSPS) is 46.8. The van der Waals surface area contributed by atoms with E-state index in [1.807, 2.05) is 14.0 Å². The van der Waals surface area contributed by atoms with Crippen molar-refractivity contribution in [2.75, 3.05) is 13.7 Å². The average molecular weight is 430 g/mol. The van der Waals surface area contributed by atoms with Crippen LogP contribution in [0.2, 0.25) is 0 Å². The first-order valence-corrected chi connectivity index (χ1v) is 12.4. The molecule has 8 atom stereocenters. The zero-order valence-electron chi connectivity index (χ0n) is 19.4. The third-order valence-electron chi connectivity index (χ3n) is 10.2. The van der Waals surface area contributed by atoms with Gasteiger partial charge in [0.05, 0.1) is 24.6 Å². The zero-order chi connectivity index (χ0) is 21.9. The Labute approximate surface area is 186 Å². The molecule has 31 heavy (non-hydrogen) atoms. The van der Waals surface area contributed by atoms with E-state index >= 15 is 0 Å². The zero-order valence-corrected chi connectivity index (χ0v) is 19.4. The summed E-state index contributed by atoms with van der Waals surface area (Å²) in [6.45, 7) is 5.56. The molecule has 1 aromatic heterocycles. The molecule has 0 aromatic carbocycles. The molecular formula is C25H39N3O3. The third kappa shape index (κ3) is 3.40. The summed E-state index contributed by atoms with van der Waals surface area (Å²) in [4.78, 5) is 14.8. The first-order valence-electron chi connectivity index (χ1n) is 12.4. The van der Waals surface area contributed by atoms with Gasteiger partial charge in [-0.05, 0) is 99.2 Å². The molecule has 6 nitrogen and oxygen atoms in total. The van der Waals surface area contributed by atoms with Gasteiger partial charge in [-0.3, -0.25) is 4.79 Å². The van der Waals surface area contributed by atoms with Gasteiger partial charge >= 0.3 is 0 Å². The number of rotatable bonds is 5. The molecule has 1 N–H and O–H groups in total. The average Bonchev–Trinajstić information content (AvgIpc) is 3.35. The number of nitrogens with zero attached hydrogens (tertiary/aromatic N) is 3. The van der Waals surface area contributed by atoms with Gasteiger partial charge in [0, 0.05) is 13.0 Å². The lowest BCUT2D eigenvalue weighted by molar-refractivity contribution is -0.175. The van der Waals surface area contributed by atoms with Crippen LogP contribution in [0.4, 0.5) is 0 Å². The van der Waals surface area contributed by atoms with Crippen LogP contribution >= 0.6 is 0 Å². The van der Waals surface area contributed by atoms with Crippen LogP contribution in [-0.2, 0) is 16.1 Å². The minimum absolute atomic E-state index is 0.104. The van der Waals surface area contributed by atoms with E-state index in [9.17, 15) is 9.90 Å². The molecule has 4 fully saturated rings. The van der Waals surface area contributed by atoms with Gasteiger partial charge in [-0.2, -0.15) is 15.0 Å². The Morgan fingerprint density at radius 3 is 2.58 bits per heavy atom. The van der Waals surface area contributed by atoms with Crippen LogP contribution < -0.4 is 0 Å². The highest BCUT2D eigenvalue weighted by molar-refractivity contribution is 5.82. The maximum Gasteiger partial charge on any atom is 0.159 e. The Morgan fingerprint density at radius 1 is 1.06 bits per heavy atom. The number of ether oxygens (including phenoxy) is 1. The van der Waals surface area contributed by atoms with Gasteiger partial charge in [-0.25, -0.2) is 0 Å². The van der Waals surface area contributed by atoms with Crippen LogP contribution in [-0.4, -0.2) is 45.2 Å². The van der Waals surface area contributed by atoms with Crippen molar-refractivity contribution in [2.45, 2.75) is 83.8 Å². The van der Waals surface area contributed by atoms with Gasteiger partial charge in [0.2, 0.25) is 0 Å². The van der Waals surface area contributed by atoms with E-state index < -0.39 is 5.60 Å². The second-order valence-corrected chi connectivity index (χ2v) is 11.7. The van der Waals surface area contributed by atoms with Gasteiger partial charge in [0.15, 0.2) is 5.78 Å². The molecule has 0 unspecified atom stereocenters. The summed E-state index contributed by atoms with van der Waals surface area (Å²) in [6.07, 6.45) is 13.1. The molecule has 6 heteroatoms. The Morgan fingerprint density at radius 2 is 1.84 bits per heavy atom. The first kappa shape index (κ1) is 21.6. The molecule has 172 valence electrons. The third-order valence-corrected chi connectivity index (χ3v) is 10.2. The van der Waals surface area contributed by atoms with E-state index in [-0.39, 0.29) is 16.7 Å². The Balaban J connectivity index is 1.38. The van der Waals surface area contributed by atoms with Gasteiger partial charge in [-0.1, -0.05) is 6.92 Å². The highest BCUT2D eigenvalue weighted by Gasteiger charge is 2.63. The molecule has 0 bridgehead atoms. The van der Waals surface area contributed by atoms with Crippen molar-refractivity contribution in [3.05, 3.63) is 12.4 Å². The summed E-state index contributed by atoms with van der Waals surface area (Å²) >= 11 is 0. The van der Waals surface area contributed by atoms with E-state index in [4.69, 9.17) is 4.74 Å². The summed E-state index contributed by atoms with van der Waals surface area (Å²) in [6, 6.07) is 0. The molecular weight excluding hydrogens is 390 g/mol. The molecule has 0 aliphatic heterocycles. The summed E-state index contributed by atoms with van der Waals surface area (Å²) in [7, 11) is 1.85. The number of hydrogen-bond donors (Lipinski definition) is 1. The minimum atomic E-state index is -0.524. The smallest absolute Gasteiger partial charge is 0.159 e. The monoisotopic (exact) mass is 429 g/mol. The number of aromatic nitrogens is 3. The summed E-state index contributed by atoms with van der Waals surface area (Å²) in [5.74, 6) is 2.99. The van der Waals surface area contributed by atoms with E-state index in [2.05, 4.69) is 17.1 Å². The lowest BCUT2D eigenvalue weighted by atomic mass is 9.43. The van der Waals surface area contributed by atoms with E-state index in [1.165, 1.54) is 30.5 Å². The SMILES string of the molecule is COC[C@]12CC[C@@](C)(O)C[C@H]1CC[C@H]1[C@@H]3CC[C@H](C(=O)Cn4nccn4)[C@@]3(C)CC[C@@H]12. The second-order valence-electron chi connectivity index (χ2n) is 11.7. The van der Waals surface area contributed by atoms with E-state index in [1.54, 1.807) is 12.4 Å². The largest absolute Gasteiger partial charge is 0.390 e. The summed E-state index contributed by atoms with van der Waals surface area (Å²) in [5, 5.41) is 19.1. The second kappa shape index (κ2) is 7.65. The molecule has 0 spiro atoms. The first-order chi connectivity index (χ1) is 14.8. The number of fused-ring (bicyclic) bond motifs is 5. The topological polar surface area (TPSA) is 77.2 Å². The van der Waals surface area contributed by atoms with Crippen LogP contribution in [0.5, 0.6) is 0 Å². The standard InChI is InChI=1S/C25H39N3O3/c1-23(30)10-11-25(16-31-3)17(14-23)4-5-18-19-6-7-21(24(19,2)9-8-20(18)25)22(29)15-28-26-12-13-27-28/h12-13,17-21,30H,4-11,14-16H2,1-3H3/t17-,18+,19+,20+,21-,23-,24+,25-/m1/s1. The van der Waals surface area contributed by atoms with Crippen molar-refractivity contribution in [1.82, 2.24) is 15.0 Å². The van der Waals surface area contributed by atoms with Gasteiger partial charge in [-0.15, -0.1) is 0 Å². The maximum atomic E-state index is 13.2. The van der Waals surface area contributed by atoms with E-state index in [0.29, 0.717) is 36.0 Å². The molecule has 1 heterocycles. The quantitative estimate of drug-likeness (QED) is 0.768. The maximum absolute atomic E-state index is 13.2. The molecule has 5 rings (SSSR count). The summed E-state index contributed by atoms with van der Waals surface area (Å²) < 4.78 is 5.86. The number of ketones is 1. The number of Topliss-reactive ketones (excluding diaryl/α,β-unsaturated/α-hetero) is 1. The predicted octanol–water partition coefficient (Wildman–Crippen LogP) is 3.88. The fourth-order valence-electron chi connectivity index (χ4n) is 8.89. The van der Waals surface area contributed by atoms with Crippen LogP contribution in [0.15, 0.2) is 12.4 Å². The Hall–Kier alpha value is -1.27. The predicted molar refractivity (Wildman–Crippen MR) is 117 cm³/mol. The van der Waals surface area contributed by atoms with Gasteiger partial charge in [0.1, 0.15) is 6.54 Å². The van der Waals surface area contributed by atoms with Crippen molar-refractivity contribution in [3.63, 3.8) is 0 Å². The number of methoxy groups -OCH3 is 1. The molecule has 0 saturated heterocycles. The number of aliphatic hydroxyl groups is 1. The molecule has 4 saturated carbocycles. The van der Waals surface area contributed by atoms with Crippen LogP contribution in [0.25, 0.3) is 0 Å². The molecule has 0 radical (unpaired) electrons. The highest BCUT2D eigenvalue weighted by atomic mass is 16.5. The summed E-state index contributed by atoms with van der Waals surface area (Å²) in [5.41, 5.74) is -0.210. The van der Waals surface area contributed by atoms with Crippen molar-refractivity contribution in [2.24, 2.45) is 40.4 Å². The van der Waals surface area contributed by atoms with Crippen molar-refractivity contribution in [1.29, 1.82) is 0 Å². The fourth-order valence-corrected chi connectivity index (χ4v) is 8.89. The molecule has 0 amide bonds. The van der Waals surface area contributed by atoms with Crippen molar-refractivity contribution >= 4 is 5.78 Å². The number of carbonyl (C=O) groups excluding carboxylic acids is 1. The Kier molecular flexibility index (Phi) is 5.32.